The number of carbonyl (C=O) groups is 1. The highest BCUT2D eigenvalue weighted by Gasteiger charge is 2.26. The predicted molar refractivity (Wildman–Crippen MR) is 144 cm³/mol. The molecule has 1 amide bonds. The van der Waals surface area contributed by atoms with E-state index in [0.717, 1.165) is 39.0 Å². The van der Waals surface area contributed by atoms with Gasteiger partial charge in [-0.1, -0.05) is 78.9 Å². The van der Waals surface area contributed by atoms with E-state index in [1.807, 2.05) is 93.7 Å². The summed E-state index contributed by atoms with van der Waals surface area (Å²) in [6.07, 6.45) is 2.05. The number of carbonyl (C=O) groups excluding carboxylic acids is 1. The van der Waals surface area contributed by atoms with Gasteiger partial charge in [-0.05, 0) is 32.4 Å². The molecular formula is C30H30N4O2. The summed E-state index contributed by atoms with van der Waals surface area (Å²) in [5.41, 5.74) is 5.31. The molecule has 0 saturated heterocycles. The number of ether oxygens (including phenoxy) is 1. The Bertz CT molecular complexity index is 1410. The number of benzene rings is 3. The predicted octanol–water partition coefficient (Wildman–Crippen LogP) is 7.03. The summed E-state index contributed by atoms with van der Waals surface area (Å²) in [5.74, 6) is 0.670. The normalized spacial score (nSPS) is 12.4. The van der Waals surface area contributed by atoms with Gasteiger partial charge in [0.2, 0.25) is 0 Å². The van der Waals surface area contributed by atoms with Gasteiger partial charge in [-0.2, -0.15) is 0 Å². The molecule has 2 aromatic heterocycles. The summed E-state index contributed by atoms with van der Waals surface area (Å²) in [4.78, 5) is 24.8. The molecule has 0 bridgehead atoms. The first-order valence-corrected chi connectivity index (χ1v) is 12.1. The molecule has 6 nitrogen and oxygen atoms in total. The maximum atomic E-state index is 12.9. The van der Waals surface area contributed by atoms with Crippen LogP contribution in [-0.4, -0.2) is 26.6 Å². The van der Waals surface area contributed by atoms with E-state index in [-0.39, 0.29) is 0 Å². The van der Waals surface area contributed by atoms with Gasteiger partial charge in [-0.3, -0.25) is 0 Å². The van der Waals surface area contributed by atoms with Crippen LogP contribution >= 0.6 is 0 Å². The van der Waals surface area contributed by atoms with E-state index in [0.29, 0.717) is 12.2 Å². The monoisotopic (exact) mass is 478 g/mol. The van der Waals surface area contributed by atoms with Crippen LogP contribution in [0.1, 0.15) is 38.2 Å². The van der Waals surface area contributed by atoms with Gasteiger partial charge in [0.25, 0.3) is 0 Å². The van der Waals surface area contributed by atoms with Crippen molar-refractivity contribution >= 4 is 17.0 Å². The molecule has 5 rings (SSSR count). The van der Waals surface area contributed by atoms with Crippen LogP contribution in [0, 0.1) is 0 Å². The molecule has 3 N–H and O–H groups in total. The van der Waals surface area contributed by atoms with Crippen molar-refractivity contribution in [1.29, 1.82) is 0 Å². The Labute approximate surface area is 210 Å². The van der Waals surface area contributed by atoms with Crippen LogP contribution in [0.4, 0.5) is 4.79 Å². The molecule has 5 aromatic rings. The molecule has 0 aliphatic heterocycles. The molecule has 0 radical (unpaired) electrons. The van der Waals surface area contributed by atoms with Crippen LogP contribution in [-0.2, 0) is 11.2 Å². The standard InChI is InChI=1S/C30H30N4O2/c1-30(2,3)36-29(35)32-25(18-22-19-31-24-17-11-10-16-23(22)24)28-33-26(20-12-6-4-7-13-20)27(34-28)21-14-8-5-9-15-21/h4-17,19,25,31H,18H2,1-3H3,(H,32,35)(H,33,34)/t25-/m0/s1. The van der Waals surface area contributed by atoms with Crippen LogP contribution in [0.25, 0.3) is 33.4 Å². The second-order valence-corrected chi connectivity index (χ2v) is 9.84. The number of hydrogen-bond acceptors (Lipinski definition) is 3. The number of aromatic amines is 2. The fraction of sp³-hybridized carbons (Fsp3) is 0.200. The summed E-state index contributed by atoms with van der Waals surface area (Å²) in [7, 11) is 0. The van der Waals surface area contributed by atoms with Gasteiger partial charge in [-0.25, -0.2) is 9.78 Å². The Hall–Kier alpha value is -4.32. The van der Waals surface area contributed by atoms with Gasteiger partial charge in [-0.15, -0.1) is 0 Å². The van der Waals surface area contributed by atoms with E-state index in [1.165, 1.54) is 0 Å². The summed E-state index contributed by atoms with van der Waals surface area (Å²) < 4.78 is 5.60. The van der Waals surface area contributed by atoms with E-state index in [4.69, 9.17) is 9.72 Å². The highest BCUT2D eigenvalue weighted by molar-refractivity contribution is 5.83. The average molecular weight is 479 g/mol. The van der Waals surface area contributed by atoms with Crippen molar-refractivity contribution in [2.24, 2.45) is 0 Å². The van der Waals surface area contributed by atoms with Gasteiger partial charge < -0.3 is 20.0 Å². The third-order valence-corrected chi connectivity index (χ3v) is 5.95. The maximum Gasteiger partial charge on any atom is 0.408 e. The maximum absolute atomic E-state index is 12.9. The van der Waals surface area contributed by atoms with Gasteiger partial charge in [0.15, 0.2) is 0 Å². The zero-order valence-corrected chi connectivity index (χ0v) is 20.7. The van der Waals surface area contributed by atoms with Gasteiger partial charge in [0.05, 0.1) is 17.4 Å². The van der Waals surface area contributed by atoms with Crippen molar-refractivity contribution in [3.05, 3.63) is 103 Å². The van der Waals surface area contributed by atoms with Crippen molar-refractivity contribution in [3.63, 3.8) is 0 Å². The van der Waals surface area contributed by atoms with Crippen molar-refractivity contribution in [2.75, 3.05) is 0 Å². The number of imidazole rings is 1. The van der Waals surface area contributed by atoms with E-state index >= 15 is 0 Å². The SMILES string of the molecule is CC(C)(C)OC(=O)N[C@@H](Cc1c[nH]c2ccccc12)c1nc(-c2ccccc2)c(-c2ccccc2)[nH]1. The van der Waals surface area contributed by atoms with Crippen molar-refractivity contribution < 1.29 is 9.53 Å². The number of rotatable bonds is 6. The number of hydrogen-bond donors (Lipinski definition) is 3. The molecule has 2 heterocycles. The molecule has 36 heavy (non-hydrogen) atoms. The molecule has 0 unspecified atom stereocenters. The first kappa shape index (κ1) is 23.4. The Morgan fingerprint density at radius 1 is 0.917 bits per heavy atom. The molecule has 0 aliphatic rings. The topological polar surface area (TPSA) is 82.8 Å². The molecule has 1 atom stereocenters. The second-order valence-electron chi connectivity index (χ2n) is 9.84. The van der Waals surface area contributed by atoms with Gasteiger partial charge in [0, 0.05) is 34.6 Å². The lowest BCUT2D eigenvalue weighted by Crippen LogP contribution is -2.36. The van der Waals surface area contributed by atoms with Gasteiger partial charge in [0.1, 0.15) is 11.4 Å². The van der Waals surface area contributed by atoms with Crippen LogP contribution < -0.4 is 5.32 Å². The second kappa shape index (κ2) is 9.74. The largest absolute Gasteiger partial charge is 0.444 e. The Morgan fingerprint density at radius 2 is 1.56 bits per heavy atom. The molecule has 182 valence electrons. The molecular weight excluding hydrogens is 448 g/mol. The quantitative estimate of drug-likeness (QED) is 0.245. The number of H-pyrrole nitrogens is 2. The van der Waals surface area contributed by atoms with Crippen molar-refractivity contribution in [2.45, 2.75) is 38.8 Å². The van der Waals surface area contributed by atoms with E-state index in [9.17, 15) is 4.79 Å². The zero-order valence-electron chi connectivity index (χ0n) is 20.7. The third-order valence-electron chi connectivity index (χ3n) is 5.95. The van der Waals surface area contributed by atoms with Gasteiger partial charge >= 0.3 is 6.09 Å². The molecule has 0 spiro atoms. The van der Waals surface area contributed by atoms with Crippen molar-refractivity contribution in [1.82, 2.24) is 20.3 Å². The molecule has 0 aliphatic carbocycles. The lowest BCUT2D eigenvalue weighted by Gasteiger charge is -2.23. The lowest BCUT2D eigenvalue weighted by molar-refractivity contribution is 0.0501. The van der Waals surface area contributed by atoms with E-state index in [1.54, 1.807) is 0 Å². The Morgan fingerprint density at radius 3 is 2.25 bits per heavy atom. The average Bonchev–Trinajstić information content (AvgIpc) is 3.49. The molecule has 0 fully saturated rings. The van der Waals surface area contributed by atoms with Crippen LogP contribution in [0.15, 0.2) is 91.1 Å². The lowest BCUT2D eigenvalue weighted by atomic mass is 10.0. The fourth-order valence-electron chi connectivity index (χ4n) is 4.36. The Kier molecular flexibility index (Phi) is 6.34. The van der Waals surface area contributed by atoms with E-state index < -0.39 is 17.7 Å². The number of aromatic nitrogens is 3. The summed E-state index contributed by atoms with van der Waals surface area (Å²) in [5, 5.41) is 4.18. The van der Waals surface area contributed by atoms with Crippen LogP contribution in [0.2, 0.25) is 0 Å². The third kappa shape index (κ3) is 5.18. The Balaban J connectivity index is 1.58. The minimum atomic E-state index is -0.608. The first-order chi connectivity index (χ1) is 17.4. The number of amides is 1. The molecule has 0 saturated carbocycles. The summed E-state index contributed by atoms with van der Waals surface area (Å²) >= 11 is 0. The smallest absolute Gasteiger partial charge is 0.408 e. The number of alkyl carbamates (subject to hydrolysis) is 1. The molecule has 6 heteroatoms. The zero-order chi connectivity index (χ0) is 25.1. The number of nitrogens with zero attached hydrogens (tertiary/aromatic N) is 1. The number of fused-ring (bicyclic) bond motifs is 1. The van der Waals surface area contributed by atoms with Crippen molar-refractivity contribution in [3.8, 4) is 22.5 Å². The highest BCUT2D eigenvalue weighted by atomic mass is 16.6. The first-order valence-electron chi connectivity index (χ1n) is 12.1. The number of para-hydroxylation sites is 1. The number of nitrogens with one attached hydrogen (secondary N) is 3. The fourth-order valence-corrected chi connectivity index (χ4v) is 4.36. The minimum Gasteiger partial charge on any atom is -0.444 e. The minimum absolute atomic E-state index is 0.431. The van der Waals surface area contributed by atoms with E-state index in [2.05, 4.69) is 33.5 Å². The molecule has 3 aromatic carbocycles. The highest BCUT2D eigenvalue weighted by Crippen LogP contribution is 2.33. The summed E-state index contributed by atoms with van der Waals surface area (Å²) in [6.45, 7) is 5.57. The van der Waals surface area contributed by atoms with Crippen LogP contribution in [0.3, 0.4) is 0 Å². The van der Waals surface area contributed by atoms with Crippen LogP contribution in [0.5, 0.6) is 0 Å². The summed E-state index contributed by atoms with van der Waals surface area (Å²) in [6, 6.07) is 27.9.